The number of hydrogen-bond donors (Lipinski definition) is 1. The summed E-state index contributed by atoms with van der Waals surface area (Å²) in [5.41, 5.74) is 14.6. The number of allylic oxidation sites excluding steroid dienone is 15. The number of halogens is 1. The van der Waals surface area contributed by atoms with Gasteiger partial charge in [0.05, 0.1) is 11.7 Å². The van der Waals surface area contributed by atoms with Gasteiger partial charge in [-0.05, 0) is 69.9 Å². The summed E-state index contributed by atoms with van der Waals surface area (Å²) < 4.78 is 15.6. The molecule has 2 heteroatoms. The van der Waals surface area contributed by atoms with E-state index in [1.54, 1.807) is 0 Å². The van der Waals surface area contributed by atoms with Gasteiger partial charge in [0, 0.05) is 16.5 Å². The topological polar surface area (TPSA) is 26.0 Å². The van der Waals surface area contributed by atoms with Gasteiger partial charge in [0.15, 0.2) is 0 Å². The fourth-order valence-electron chi connectivity index (χ4n) is 6.62. The molecule has 4 aliphatic rings. The minimum atomic E-state index is -0.830. The average molecular weight is 570 g/mol. The SMILES string of the molecule is CC.CC1C=CC(C2(C(/C=C3/C=CC(C)(N)C=CC3)=C/F)c3ccccc3-c3ccccc32)=CC2=C1C=CC(C)(C)C=C2. The van der Waals surface area contributed by atoms with Crippen LogP contribution in [-0.2, 0) is 5.41 Å². The van der Waals surface area contributed by atoms with Crippen molar-refractivity contribution < 1.29 is 4.39 Å². The lowest BCUT2D eigenvalue weighted by Gasteiger charge is -2.35. The molecule has 6 rings (SSSR count). The van der Waals surface area contributed by atoms with Gasteiger partial charge in [-0.15, -0.1) is 0 Å². The molecule has 2 aromatic carbocycles. The van der Waals surface area contributed by atoms with Crippen LogP contribution in [0.1, 0.15) is 59.1 Å². The van der Waals surface area contributed by atoms with E-state index < -0.39 is 11.0 Å². The lowest BCUT2D eigenvalue weighted by molar-refractivity contribution is 0.626. The molecule has 0 aliphatic heterocycles. The molecule has 0 radical (unpaired) electrons. The van der Waals surface area contributed by atoms with E-state index in [0.29, 0.717) is 12.0 Å². The van der Waals surface area contributed by atoms with Crippen molar-refractivity contribution in [1.29, 1.82) is 0 Å². The summed E-state index contributed by atoms with van der Waals surface area (Å²) in [5.74, 6) is 0.214. The van der Waals surface area contributed by atoms with Gasteiger partial charge in [-0.2, -0.15) is 0 Å². The van der Waals surface area contributed by atoms with Gasteiger partial charge in [0.2, 0.25) is 0 Å². The summed E-state index contributed by atoms with van der Waals surface area (Å²) >= 11 is 0. The largest absolute Gasteiger partial charge is 0.319 e. The van der Waals surface area contributed by atoms with E-state index in [4.69, 9.17) is 5.73 Å². The van der Waals surface area contributed by atoms with Crippen molar-refractivity contribution in [1.82, 2.24) is 0 Å². The van der Waals surface area contributed by atoms with Gasteiger partial charge in [-0.3, -0.25) is 0 Å². The molecule has 0 amide bonds. The molecule has 2 unspecified atom stereocenters. The molecule has 0 saturated carbocycles. The first-order valence-corrected chi connectivity index (χ1v) is 15.5. The molecule has 0 fully saturated rings. The molecule has 0 bridgehead atoms. The predicted octanol–water partition coefficient (Wildman–Crippen LogP) is 10.6. The van der Waals surface area contributed by atoms with Crippen LogP contribution in [0.2, 0.25) is 0 Å². The highest BCUT2D eigenvalue weighted by Crippen LogP contribution is 2.58. The second-order valence-electron chi connectivity index (χ2n) is 12.6. The summed E-state index contributed by atoms with van der Waals surface area (Å²) in [5, 5.41) is 0. The number of rotatable bonds is 3. The van der Waals surface area contributed by atoms with Crippen LogP contribution in [0.25, 0.3) is 11.1 Å². The van der Waals surface area contributed by atoms with Crippen LogP contribution in [0, 0.1) is 11.3 Å². The number of fused-ring (bicyclic) bond motifs is 3. The van der Waals surface area contributed by atoms with Crippen LogP contribution in [0.4, 0.5) is 4.39 Å². The number of benzene rings is 2. The number of hydrogen-bond acceptors (Lipinski definition) is 1. The maximum absolute atomic E-state index is 15.6. The summed E-state index contributed by atoms with van der Waals surface area (Å²) in [6.45, 7) is 12.7. The van der Waals surface area contributed by atoms with Crippen molar-refractivity contribution in [3.63, 3.8) is 0 Å². The quantitative estimate of drug-likeness (QED) is 0.366. The zero-order valence-electron chi connectivity index (χ0n) is 26.4. The fraction of sp³-hybridized carbons (Fsp3) is 0.268. The van der Waals surface area contributed by atoms with E-state index in [-0.39, 0.29) is 11.3 Å². The second kappa shape index (κ2) is 11.9. The molecule has 0 spiro atoms. The first-order valence-electron chi connectivity index (χ1n) is 15.5. The molecule has 2 aromatic rings. The van der Waals surface area contributed by atoms with Crippen LogP contribution < -0.4 is 5.73 Å². The molecule has 4 aliphatic carbocycles. The van der Waals surface area contributed by atoms with Crippen LogP contribution in [0.5, 0.6) is 0 Å². The Bertz CT molecular complexity index is 1630. The summed E-state index contributed by atoms with van der Waals surface area (Å²) in [6.07, 6.45) is 27.5. The normalized spacial score (nSPS) is 25.6. The molecule has 0 heterocycles. The van der Waals surface area contributed by atoms with Crippen molar-refractivity contribution in [3.8, 4) is 11.1 Å². The zero-order valence-corrected chi connectivity index (χ0v) is 26.4. The third-order valence-electron chi connectivity index (χ3n) is 8.85. The van der Waals surface area contributed by atoms with Crippen molar-refractivity contribution in [2.75, 3.05) is 0 Å². The molecule has 43 heavy (non-hydrogen) atoms. The van der Waals surface area contributed by atoms with Gasteiger partial charge in [0.25, 0.3) is 0 Å². The Morgan fingerprint density at radius 3 is 2.12 bits per heavy atom. The van der Waals surface area contributed by atoms with Gasteiger partial charge in [0.1, 0.15) is 0 Å². The first kappa shape index (κ1) is 30.4. The first-order chi connectivity index (χ1) is 20.6. The molecular weight excluding hydrogens is 525 g/mol. The monoisotopic (exact) mass is 569 g/mol. The second-order valence-corrected chi connectivity index (χ2v) is 12.6. The third kappa shape index (κ3) is 5.57. The molecule has 0 aromatic heterocycles. The Morgan fingerprint density at radius 1 is 0.837 bits per heavy atom. The smallest absolute Gasteiger partial charge is 0.0914 e. The molecule has 0 saturated heterocycles. The summed E-state index contributed by atoms with van der Waals surface area (Å²) in [6, 6.07) is 17.0. The summed E-state index contributed by atoms with van der Waals surface area (Å²) in [4.78, 5) is 0. The van der Waals surface area contributed by atoms with Gasteiger partial charge >= 0.3 is 0 Å². The fourth-order valence-corrected chi connectivity index (χ4v) is 6.62. The minimum absolute atomic E-state index is 0.0425. The minimum Gasteiger partial charge on any atom is -0.319 e. The Kier molecular flexibility index (Phi) is 8.45. The average Bonchev–Trinajstić information content (AvgIpc) is 3.14. The van der Waals surface area contributed by atoms with Crippen LogP contribution in [0.15, 0.2) is 156 Å². The van der Waals surface area contributed by atoms with E-state index in [2.05, 4.69) is 118 Å². The maximum atomic E-state index is 15.6. The third-order valence-corrected chi connectivity index (χ3v) is 8.85. The Hall–Kier alpha value is -4.01. The lowest BCUT2D eigenvalue weighted by atomic mass is 9.66. The Morgan fingerprint density at radius 2 is 1.47 bits per heavy atom. The molecular formula is C41H44FN. The Balaban J connectivity index is 0.00000180. The van der Waals surface area contributed by atoms with Crippen LogP contribution in [-0.4, -0.2) is 5.54 Å². The van der Waals surface area contributed by atoms with Crippen LogP contribution >= 0.6 is 0 Å². The van der Waals surface area contributed by atoms with E-state index in [1.807, 2.05) is 45.1 Å². The van der Waals surface area contributed by atoms with E-state index in [0.717, 1.165) is 39.7 Å². The molecule has 2 atom stereocenters. The highest BCUT2D eigenvalue weighted by Gasteiger charge is 2.48. The van der Waals surface area contributed by atoms with Crippen molar-refractivity contribution in [3.05, 3.63) is 167 Å². The van der Waals surface area contributed by atoms with E-state index >= 15 is 4.39 Å². The van der Waals surface area contributed by atoms with Crippen molar-refractivity contribution in [2.45, 2.75) is 58.9 Å². The van der Waals surface area contributed by atoms with Gasteiger partial charge in [-0.25, -0.2) is 4.39 Å². The predicted molar refractivity (Wildman–Crippen MR) is 182 cm³/mol. The molecule has 220 valence electrons. The van der Waals surface area contributed by atoms with Crippen LogP contribution in [0.3, 0.4) is 0 Å². The number of nitrogens with two attached hydrogens (primary N) is 1. The lowest BCUT2D eigenvalue weighted by Crippen LogP contribution is -2.30. The van der Waals surface area contributed by atoms with Gasteiger partial charge in [-0.1, -0.05) is 150 Å². The highest BCUT2D eigenvalue weighted by atomic mass is 19.1. The maximum Gasteiger partial charge on any atom is 0.0914 e. The Labute approximate surface area is 257 Å². The highest BCUT2D eigenvalue weighted by molar-refractivity contribution is 5.87. The summed E-state index contributed by atoms with van der Waals surface area (Å²) in [7, 11) is 0. The molecule has 2 N–H and O–H groups in total. The standard InChI is InChI=1S/C39H38FN.C2H6/c1-27-15-16-30(25-29-18-21-37(2,3)22-19-32(27)29)39(31(26-40)24-28-10-9-20-38(4,41)23-17-28)35-13-7-5-11-33(35)34-12-6-8-14-36(34)39;1-2/h5-9,11-27H,10,41H2,1-4H3;1-2H3/b28-24+,31-26+;. The molecule has 1 nitrogen and oxygen atoms in total. The van der Waals surface area contributed by atoms with E-state index in [9.17, 15) is 0 Å². The van der Waals surface area contributed by atoms with Gasteiger partial charge < -0.3 is 5.73 Å². The van der Waals surface area contributed by atoms with Crippen molar-refractivity contribution >= 4 is 0 Å². The van der Waals surface area contributed by atoms with Crippen molar-refractivity contribution in [2.24, 2.45) is 17.1 Å². The zero-order chi connectivity index (χ0) is 30.8. The van der Waals surface area contributed by atoms with E-state index in [1.165, 1.54) is 11.1 Å².